The SMILES string of the molecule is Cc1cc(=O)oc2cc(OC3CC(COC4OC(CO)C(O)C(O)C4O)C(O)C[C@@H]3O)ccc12. The molecule has 1 aromatic heterocycles. The first-order chi connectivity index (χ1) is 16.2. The third-order valence-electron chi connectivity index (χ3n) is 6.52. The van der Waals surface area contributed by atoms with Crippen LogP contribution in [-0.2, 0) is 9.47 Å². The third kappa shape index (κ3) is 5.11. The number of rotatable bonds is 6. The number of aliphatic hydroxyl groups excluding tert-OH is 6. The van der Waals surface area contributed by atoms with Gasteiger partial charge in [-0.1, -0.05) is 0 Å². The summed E-state index contributed by atoms with van der Waals surface area (Å²) in [7, 11) is 0. The summed E-state index contributed by atoms with van der Waals surface area (Å²) in [4.78, 5) is 11.7. The van der Waals surface area contributed by atoms with Crippen LogP contribution in [0.5, 0.6) is 5.75 Å². The third-order valence-corrected chi connectivity index (χ3v) is 6.52. The van der Waals surface area contributed by atoms with Crippen LogP contribution in [0.4, 0.5) is 0 Å². The molecule has 1 saturated carbocycles. The Morgan fingerprint density at radius 2 is 1.76 bits per heavy atom. The Morgan fingerprint density at radius 1 is 1.00 bits per heavy atom. The number of ether oxygens (including phenoxy) is 3. The molecule has 9 atom stereocenters. The number of hydrogen-bond donors (Lipinski definition) is 6. The molecule has 0 spiro atoms. The van der Waals surface area contributed by atoms with Crippen molar-refractivity contribution < 1.29 is 49.3 Å². The van der Waals surface area contributed by atoms with Crippen molar-refractivity contribution in [1.82, 2.24) is 0 Å². The van der Waals surface area contributed by atoms with Crippen molar-refractivity contribution in [3.05, 3.63) is 40.2 Å². The van der Waals surface area contributed by atoms with E-state index in [1.165, 1.54) is 6.07 Å². The number of hydrogen-bond acceptors (Lipinski definition) is 11. The Balaban J connectivity index is 1.42. The second-order valence-corrected chi connectivity index (χ2v) is 8.96. The first-order valence-corrected chi connectivity index (χ1v) is 11.2. The van der Waals surface area contributed by atoms with E-state index in [-0.39, 0.29) is 19.4 Å². The van der Waals surface area contributed by atoms with Gasteiger partial charge in [0.2, 0.25) is 0 Å². The van der Waals surface area contributed by atoms with Gasteiger partial charge in [0.25, 0.3) is 0 Å². The lowest BCUT2D eigenvalue weighted by Crippen LogP contribution is -2.59. The molecule has 4 rings (SSSR count). The van der Waals surface area contributed by atoms with Crippen LogP contribution in [-0.4, -0.2) is 92.9 Å². The predicted molar refractivity (Wildman–Crippen MR) is 116 cm³/mol. The van der Waals surface area contributed by atoms with Gasteiger partial charge in [-0.2, -0.15) is 0 Å². The summed E-state index contributed by atoms with van der Waals surface area (Å²) in [5, 5.41) is 60.9. The molecule has 1 aromatic carbocycles. The largest absolute Gasteiger partial charge is 0.488 e. The molecular weight excluding hydrogens is 452 g/mol. The van der Waals surface area contributed by atoms with Gasteiger partial charge in [-0.15, -0.1) is 0 Å². The van der Waals surface area contributed by atoms with Crippen molar-refractivity contribution in [1.29, 1.82) is 0 Å². The lowest BCUT2D eigenvalue weighted by atomic mass is 9.83. The van der Waals surface area contributed by atoms with Crippen molar-refractivity contribution in [2.75, 3.05) is 13.2 Å². The summed E-state index contributed by atoms with van der Waals surface area (Å²) in [5.41, 5.74) is 0.646. The van der Waals surface area contributed by atoms with E-state index >= 15 is 0 Å². The molecule has 1 saturated heterocycles. The van der Waals surface area contributed by atoms with Crippen LogP contribution in [0, 0.1) is 12.8 Å². The van der Waals surface area contributed by atoms with Crippen molar-refractivity contribution in [2.24, 2.45) is 5.92 Å². The molecule has 11 nitrogen and oxygen atoms in total. The molecule has 1 aliphatic heterocycles. The lowest BCUT2D eigenvalue weighted by molar-refractivity contribution is -0.305. The molecule has 8 unspecified atom stereocenters. The van der Waals surface area contributed by atoms with E-state index in [1.54, 1.807) is 25.1 Å². The minimum atomic E-state index is -1.57. The highest BCUT2D eigenvalue weighted by atomic mass is 16.7. The van der Waals surface area contributed by atoms with Crippen LogP contribution in [0.1, 0.15) is 18.4 Å². The Morgan fingerprint density at radius 3 is 2.50 bits per heavy atom. The molecule has 2 aromatic rings. The van der Waals surface area contributed by atoms with Crippen molar-refractivity contribution in [3.8, 4) is 5.75 Å². The first-order valence-electron chi connectivity index (χ1n) is 11.2. The highest BCUT2D eigenvalue weighted by Crippen LogP contribution is 2.32. The zero-order valence-corrected chi connectivity index (χ0v) is 18.6. The Hall–Kier alpha value is -2.09. The first kappa shape index (κ1) is 25.0. The highest BCUT2D eigenvalue weighted by molar-refractivity contribution is 5.81. The smallest absolute Gasteiger partial charge is 0.336 e. The van der Waals surface area contributed by atoms with E-state index in [2.05, 4.69) is 0 Å². The lowest BCUT2D eigenvalue weighted by Gasteiger charge is -2.41. The zero-order valence-electron chi connectivity index (χ0n) is 18.6. The monoisotopic (exact) mass is 482 g/mol. The maximum Gasteiger partial charge on any atom is 0.336 e. The molecule has 11 heteroatoms. The number of benzene rings is 1. The van der Waals surface area contributed by atoms with Crippen LogP contribution in [0.15, 0.2) is 33.5 Å². The summed E-state index contributed by atoms with van der Waals surface area (Å²) in [6, 6.07) is 6.43. The van der Waals surface area contributed by atoms with E-state index < -0.39 is 67.2 Å². The van der Waals surface area contributed by atoms with Gasteiger partial charge in [0.1, 0.15) is 41.9 Å². The van der Waals surface area contributed by atoms with Crippen molar-refractivity contribution in [3.63, 3.8) is 0 Å². The van der Waals surface area contributed by atoms with Gasteiger partial charge >= 0.3 is 5.63 Å². The van der Waals surface area contributed by atoms with Crippen molar-refractivity contribution in [2.45, 2.75) is 68.8 Å². The number of fused-ring (bicyclic) bond motifs is 1. The Bertz CT molecular complexity index is 1040. The van der Waals surface area contributed by atoms with Crippen LogP contribution < -0.4 is 10.4 Å². The second kappa shape index (κ2) is 10.3. The Kier molecular flexibility index (Phi) is 7.55. The van der Waals surface area contributed by atoms with Crippen molar-refractivity contribution >= 4 is 11.0 Å². The molecule has 2 fully saturated rings. The second-order valence-electron chi connectivity index (χ2n) is 8.96. The Labute approximate surface area is 194 Å². The quantitative estimate of drug-likeness (QED) is 0.272. The fourth-order valence-corrected chi connectivity index (χ4v) is 4.49. The molecule has 34 heavy (non-hydrogen) atoms. The predicted octanol–water partition coefficient (Wildman–Crippen LogP) is -1.20. The van der Waals surface area contributed by atoms with Gasteiger partial charge in [0, 0.05) is 29.9 Å². The topological polar surface area (TPSA) is 179 Å². The molecule has 0 amide bonds. The van der Waals surface area contributed by atoms with Gasteiger partial charge in [-0.05, 0) is 31.0 Å². The molecule has 188 valence electrons. The van der Waals surface area contributed by atoms with Gasteiger partial charge in [-0.3, -0.25) is 0 Å². The average molecular weight is 482 g/mol. The molecule has 0 radical (unpaired) electrons. The molecule has 0 bridgehead atoms. The maximum absolute atomic E-state index is 11.7. The maximum atomic E-state index is 11.7. The standard InChI is InChI=1S/C23H30O11/c1-10-4-19(27)33-16-6-12(2-3-13(10)16)32-17-5-11(14(25)7-15(17)26)9-31-23-22(30)21(29)20(28)18(8-24)34-23/h2-4,6,11,14-15,17-18,20-26,28-30H,5,7-9H2,1H3/t11?,14?,15-,17?,18?,20?,21?,22?,23?/m0/s1. The molecule has 6 N–H and O–H groups in total. The van der Waals surface area contributed by atoms with E-state index in [0.717, 1.165) is 10.9 Å². The van der Waals surface area contributed by atoms with Crippen LogP contribution in [0.2, 0.25) is 0 Å². The molecule has 2 heterocycles. The minimum absolute atomic E-state index is 0.0230. The minimum Gasteiger partial charge on any atom is -0.488 e. The highest BCUT2D eigenvalue weighted by Gasteiger charge is 2.45. The fourth-order valence-electron chi connectivity index (χ4n) is 4.49. The van der Waals surface area contributed by atoms with E-state index in [0.29, 0.717) is 11.3 Å². The van der Waals surface area contributed by atoms with E-state index in [4.69, 9.17) is 18.6 Å². The van der Waals surface area contributed by atoms with Crippen LogP contribution >= 0.6 is 0 Å². The van der Waals surface area contributed by atoms with Gasteiger partial charge in [0.05, 0.1) is 25.4 Å². The van der Waals surface area contributed by atoms with Gasteiger partial charge in [0.15, 0.2) is 6.29 Å². The zero-order chi connectivity index (χ0) is 24.6. The number of aliphatic hydroxyl groups is 6. The fraction of sp³-hybridized carbons (Fsp3) is 0.609. The van der Waals surface area contributed by atoms with Gasteiger partial charge < -0.3 is 49.3 Å². The van der Waals surface area contributed by atoms with E-state index in [9.17, 15) is 35.4 Å². The number of aryl methyl sites for hydroxylation is 1. The normalized spacial score (nSPS) is 36.5. The molecule has 2 aliphatic rings. The summed E-state index contributed by atoms with van der Waals surface area (Å²) < 4.78 is 22.1. The summed E-state index contributed by atoms with van der Waals surface area (Å²) in [6.07, 6.45) is -9.38. The summed E-state index contributed by atoms with van der Waals surface area (Å²) in [6.45, 7) is 1.12. The van der Waals surface area contributed by atoms with E-state index in [1.807, 2.05) is 0 Å². The molecule has 1 aliphatic carbocycles. The average Bonchev–Trinajstić information content (AvgIpc) is 2.79. The summed E-state index contributed by atoms with van der Waals surface area (Å²) >= 11 is 0. The summed E-state index contributed by atoms with van der Waals surface area (Å²) in [5.74, 6) is -0.114. The molecular formula is C23H30O11. The van der Waals surface area contributed by atoms with Gasteiger partial charge in [-0.25, -0.2) is 4.79 Å². The van der Waals surface area contributed by atoms with Crippen LogP contribution in [0.25, 0.3) is 11.0 Å². The van der Waals surface area contributed by atoms with Crippen LogP contribution in [0.3, 0.4) is 0 Å².